The third kappa shape index (κ3) is 3.48. The monoisotopic (exact) mass is 418 g/mol. The summed E-state index contributed by atoms with van der Waals surface area (Å²) in [5, 5.41) is 0.104. The lowest BCUT2D eigenvalue weighted by Gasteiger charge is -2.47. The molecule has 3 aliphatic rings. The topological polar surface area (TPSA) is 57.3 Å². The number of fused-ring (bicyclic) bond motifs is 3. The van der Waals surface area contributed by atoms with Crippen LogP contribution in [0.25, 0.3) is 0 Å². The maximum Gasteiger partial charge on any atom is 0.313 e. The van der Waals surface area contributed by atoms with Gasteiger partial charge in [-0.15, -0.1) is 0 Å². The van der Waals surface area contributed by atoms with E-state index in [-0.39, 0.29) is 29.1 Å². The summed E-state index contributed by atoms with van der Waals surface area (Å²) in [5.41, 5.74) is 0.183. The van der Waals surface area contributed by atoms with Crippen molar-refractivity contribution in [1.29, 1.82) is 0 Å². The number of epoxide rings is 1. The van der Waals surface area contributed by atoms with Gasteiger partial charge in [0.15, 0.2) is 8.32 Å². The smallest absolute Gasteiger partial charge is 0.313 e. The van der Waals surface area contributed by atoms with Crippen molar-refractivity contribution in [3.8, 4) is 0 Å². The zero-order chi connectivity index (χ0) is 21.1. The Hall–Kier alpha value is -1.21. The van der Waals surface area contributed by atoms with E-state index in [4.69, 9.17) is 18.6 Å². The number of rotatable bonds is 6. The Morgan fingerprint density at radius 2 is 1.86 bits per heavy atom. The van der Waals surface area contributed by atoms with Gasteiger partial charge >= 0.3 is 5.97 Å². The van der Waals surface area contributed by atoms with Gasteiger partial charge < -0.3 is 18.6 Å². The summed E-state index contributed by atoms with van der Waals surface area (Å²) in [6.07, 6.45) is 0.396. The number of esters is 1. The zero-order valence-corrected chi connectivity index (χ0v) is 19.5. The molecule has 160 valence electrons. The van der Waals surface area contributed by atoms with E-state index in [0.717, 1.165) is 5.56 Å². The molecule has 2 heterocycles. The van der Waals surface area contributed by atoms with Crippen molar-refractivity contribution in [3.05, 3.63) is 35.9 Å². The van der Waals surface area contributed by atoms with Crippen LogP contribution in [-0.2, 0) is 30.0 Å². The standard InChI is InChI=1S/C23H34O5Si/c1-21(2,3)29(5,6)28-18-12-17-22(4,14-25-13-16-10-8-7-9-11-16)19(20(24)27-17)23(18)15-26-23/h7-11,17-19H,12-15H2,1-6H3/t17-,18+,19-,22+,23-/m0/s1. The van der Waals surface area contributed by atoms with Crippen molar-refractivity contribution in [2.75, 3.05) is 13.2 Å². The molecule has 1 saturated carbocycles. The first-order valence-electron chi connectivity index (χ1n) is 10.6. The molecule has 0 aromatic heterocycles. The molecule has 4 rings (SSSR count). The molecule has 2 aliphatic heterocycles. The van der Waals surface area contributed by atoms with Crippen molar-refractivity contribution in [2.24, 2.45) is 11.3 Å². The molecular weight excluding hydrogens is 384 g/mol. The van der Waals surface area contributed by atoms with Crippen molar-refractivity contribution >= 4 is 14.3 Å². The number of ether oxygens (including phenoxy) is 3. The molecule has 1 aromatic carbocycles. The summed E-state index contributed by atoms with van der Waals surface area (Å²) in [7, 11) is -1.99. The summed E-state index contributed by atoms with van der Waals surface area (Å²) in [4.78, 5) is 12.9. The number of hydrogen-bond donors (Lipinski definition) is 0. The predicted molar refractivity (Wildman–Crippen MR) is 113 cm³/mol. The third-order valence-electron chi connectivity index (χ3n) is 7.60. The Bertz CT molecular complexity index is 767. The fraction of sp³-hybridized carbons (Fsp3) is 0.696. The van der Waals surface area contributed by atoms with E-state index in [1.54, 1.807) is 0 Å². The van der Waals surface area contributed by atoms with Crippen molar-refractivity contribution in [3.63, 3.8) is 0 Å². The van der Waals surface area contributed by atoms with E-state index in [0.29, 0.717) is 26.2 Å². The Labute approximate surface area is 175 Å². The van der Waals surface area contributed by atoms with Gasteiger partial charge in [-0.3, -0.25) is 4.79 Å². The summed E-state index contributed by atoms with van der Waals surface area (Å²) in [6.45, 7) is 14.9. The van der Waals surface area contributed by atoms with Crippen LogP contribution in [0.2, 0.25) is 18.1 Å². The van der Waals surface area contributed by atoms with Crippen molar-refractivity contribution < 1.29 is 23.4 Å². The summed E-state index contributed by atoms with van der Waals surface area (Å²) in [6, 6.07) is 10.1. The highest BCUT2D eigenvalue weighted by molar-refractivity contribution is 6.74. The van der Waals surface area contributed by atoms with Gasteiger partial charge in [0.2, 0.25) is 0 Å². The van der Waals surface area contributed by atoms with Gasteiger partial charge in [0.05, 0.1) is 25.9 Å². The van der Waals surface area contributed by atoms with Gasteiger partial charge in [-0.1, -0.05) is 58.0 Å². The van der Waals surface area contributed by atoms with Gasteiger partial charge in [0.25, 0.3) is 0 Å². The summed E-state index contributed by atoms with van der Waals surface area (Å²) in [5.74, 6) is -0.487. The van der Waals surface area contributed by atoms with Crippen LogP contribution in [0.15, 0.2) is 30.3 Å². The Morgan fingerprint density at radius 1 is 1.21 bits per heavy atom. The van der Waals surface area contributed by atoms with Gasteiger partial charge in [0, 0.05) is 11.8 Å². The van der Waals surface area contributed by atoms with Crippen LogP contribution in [0, 0.1) is 11.3 Å². The van der Waals surface area contributed by atoms with E-state index in [1.165, 1.54) is 0 Å². The van der Waals surface area contributed by atoms with Crippen LogP contribution in [-0.4, -0.2) is 45.3 Å². The molecule has 6 heteroatoms. The molecule has 5 atom stereocenters. The molecular formula is C23H34O5Si. The maximum absolute atomic E-state index is 12.9. The van der Waals surface area contributed by atoms with Crippen molar-refractivity contribution in [1.82, 2.24) is 0 Å². The average molecular weight is 419 g/mol. The van der Waals surface area contributed by atoms with E-state index in [1.807, 2.05) is 30.3 Å². The normalized spacial score (nSPS) is 36.3. The molecule has 0 amide bonds. The molecule has 1 spiro atoms. The number of carbonyl (C=O) groups excluding carboxylic acids is 1. The van der Waals surface area contributed by atoms with Gasteiger partial charge in [-0.05, 0) is 23.7 Å². The molecule has 0 radical (unpaired) electrons. The molecule has 1 aromatic rings. The number of hydrogen-bond acceptors (Lipinski definition) is 5. The highest BCUT2D eigenvalue weighted by Gasteiger charge is 2.75. The van der Waals surface area contributed by atoms with Crippen LogP contribution in [0.4, 0.5) is 0 Å². The first kappa shape index (κ1) is 21.0. The van der Waals surface area contributed by atoms with Crippen LogP contribution in [0.3, 0.4) is 0 Å². The minimum Gasteiger partial charge on any atom is -0.461 e. The first-order valence-corrected chi connectivity index (χ1v) is 13.5. The first-order chi connectivity index (χ1) is 13.5. The summed E-state index contributed by atoms with van der Waals surface area (Å²) >= 11 is 0. The van der Waals surface area contributed by atoms with Crippen LogP contribution in [0.5, 0.6) is 0 Å². The molecule has 2 saturated heterocycles. The lowest BCUT2D eigenvalue weighted by molar-refractivity contribution is -0.144. The van der Waals surface area contributed by atoms with Crippen LogP contribution >= 0.6 is 0 Å². The molecule has 3 fully saturated rings. The molecule has 0 unspecified atom stereocenters. The largest absolute Gasteiger partial charge is 0.461 e. The van der Waals surface area contributed by atoms with E-state index >= 15 is 0 Å². The minimum atomic E-state index is -1.99. The molecule has 29 heavy (non-hydrogen) atoms. The second-order valence-electron chi connectivity index (χ2n) is 10.7. The fourth-order valence-electron chi connectivity index (χ4n) is 4.71. The lowest BCUT2D eigenvalue weighted by Crippen LogP contribution is -2.59. The van der Waals surface area contributed by atoms with E-state index < -0.39 is 19.3 Å². The Morgan fingerprint density at radius 3 is 2.45 bits per heavy atom. The average Bonchev–Trinajstić information content (AvgIpc) is 3.37. The molecule has 5 nitrogen and oxygen atoms in total. The molecule has 0 N–H and O–H groups in total. The molecule has 1 aliphatic carbocycles. The third-order valence-corrected chi connectivity index (χ3v) is 12.1. The highest BCUT2D eigenvalue weighted by Crippen LogP contribution is 2.61. The highest BCUT2D eigenvalue weighted by atomic mass is 28.4. The number of benzene rings is 1. The molecule has 2 bridgehead atoms. The van der Waals surface area contributed by atoms with Crippen LogP contribution in [0.1, 0.15) is 39.7 Å². The second kappa shape index (κ2) is 6.91. The number of carbonyl (C=O) groups is 1. The van der Waals surface area contributed by atoms with Gasteiger partial charge in [-0.2, -0.15) is 0 Å². The van der Waals surface area contributed by atoms with Gasteiger partial charge in [0.1, 0.15) is 17.6 Å². The fourth-order valence-corrected chi connectivity index (χ4v) is 6.07. The Kier molecular flexibility index (Phi) is 5.01. The van der Waals surface area contributed by atoms with Crippen LogP contribution < -0.4 is 0 Å². The predicted octanol–water partition coefficient (Wildman–Crippen LogP) is 4.31. The minimum absolute atomic E-state index is 0.0907. The maximum atomic E-state index is 12.9. The Balaban J connectivity index is 1.51. The van der Waals surface area contributed by atoms with E-state index in [2.05, 4.69) is 40.8 Å². The lowest BCUT2D eigenvalue weighted by atomic mass is 9.62. The zero-order valence-electron chi connectivity index (χ0n) is 18.5. The van der Waals surface area contributed by atoms with Gasteiger partial charge in [-0.25, -0.2) is 0 Å². The SMILES string of the molecule is CC(C)(C)[Si](C)(C)O[C@@H]1C[C@@H]2OC(=O)[C@@H]([C@]2(C)COCc2ccccc2)[C@]12CO2. The summed E-state index contributed by atoms with van der Waals surface area (Å²) < 4.78 is 24.7. The second-order valence-corrected chi connectivity index (χ2v) is 15.4. The van der Waals surface area contributed by atoms with E-state index in [9.17, 15) is 4.79 Å². The van der Waals surface area contributed by atoms with Crippen molar-refractivity contribution in [2.45, 2.75) is 76.7 Å². The quantitative estimate of drug-likeness (QED) is 0.391.